The first kappa shape index (κ1) is 12.4. The molecule has 2 aliphatic rings. The zero-order valence-electron chi connectivity index (χ0n) is 10.9. The molecule has 0 amide bonds. The quantitative estimate of drug-likeness (QED) is 0.746. The fourth-order valence-corrected chi connectivity index (χ4v) is 3.04. The van der Waals surface area contributed by atoms with Crippen LogP contribution in [0.5, 0.6) is 0 Å². The minimum Gasteiger partial charge on any atom is -0.317 e. The van der Waals surface area contributed by atoms with Gasteiger partial charge in [-0.05, 0) is 63.6 Å². The summed E-state index contributed by atoms with van der Waals surface area (Å²) in [5.74, 6) is 2.00. The van der Waals surface area contributed by atoms with Crippen LogP contribution >= 0.6 is 0 Å². The van der Waals surface area contributed by atoms with E-state index >= 15 is 0 Å². The summed E-state index contributed by atoms with van der Waals surface area (Å²) in [4.78, 5) is 2.75. The highest BCUT2D eigenvalue weighted by molar-refractivity contribution is 4.77. The smallest absolute Gasteiger partial charge is 0.00107 e. The lowest BCUT2D eigenvalue weighted by molar-refractivity contribution is 0.146. The van der Waals surface area contributed by atoms with Gasteiger partial charge in [0.2, 0.25) is 0 Å². The van der Waals surface area contributed by atoms with Crippen molar-refractivity contribution in [3.63, 3.8) is 0 Å². The van der Waals surface area contributed by atoms with Crippen LogP contribution in [0.25, 0.3) is 0 Å². The molecule has 0 radical (unpaired) electrons. The van der Waals surface area contributed by atoms with Gasteiger partial charge in [0.1, 0.15) is 0 Å². The molecular weight excluding hydrogens is 196 g/mol. The zero-order valence-corrected chi connectivity index (χ0v) is 10.9. The molecule has 0 spiro atoms. The zero-order chi connectivity index (χ0) is 11.2. The standard InChI is InChI=1S/C14H28N2/c1-2-10-16(11-13-4-3-5-13)12-14-6-8-15-9-7-14/h13-15H,2-12H2,1H3. The second-order valence-electron chi connectivity index (χ2n) is 5.75. The van der Waals surface area contributed by atoms with Gasteiger partial charge in [-0.3, -0.25) is 0 Å². The van der Waals surface area contributed by atoms with Gasteiger partial charge in [-0.15, -0.1) is 0 Å². The average molecular weight is 224 g/mol. The molecule has 2 fully saturated rings. The maximum atomic E-state index is 3.46. The van der Waals surface area contributed by atoms with Gasteiger partial charge in [-0.2, -0.15) is 0 Å². The summed E-state index contributed by atoms with van der Waals surface area (Å²) in [7, 11) is 0. The minimum atomic E-state index is 0.966. The fraction of sp³-hybridized carbons (Fsp3) is 1.00. The maximum absolute atomic E-state index is 3.46. The van der Waals surface area contributed by atoms with Crippen molar-refractivity contribution < 1.29 is 0 Å². The fourth-order valence-electron chi connectivity index (χ4n) is 3.04. The van der Waals surface area contributed by atoms with Crippen molar-refractivity contribution in [2.45, 2.75) is 45.4 Å². The van der Waals surface area contributed by atoms with E-state index in [1.54, 1.807) is 0 Å². The van der Waals surface area contributed by atoms with E-state index in [-0.39, 0.29) is 0 Å². The van der Waals surface area contributed by atoms with Crippen LogP contribution in [-0.2, 0) is 0 Å². The van der Waals surface area contributed by atoms with Gasteiger partial charge in [-0.1, -0.05) is 13.3 Å². The molecule has 2 nitrogen and oxygen atoms in total. The van der Waals surface area contributed by atoms with E-state index in [0.29, 0.717) is 0 Å². The van der Waals surface area contributed by atoms with E-state index in [0.717, 1.165) is 11.8 Å². The highest BCUT2D eigenvalue weighted by Crippen LogP contribution is 2.27. The van der Waals surface area contributed by atoms with Crippen LogP contribution in [0.4, 0.5) is 0 Å². The highest BCUT2D eigenvalue weighted by atomic mass is 15.1. The molecule has 0 atom stereocenters. The first-order valence-corrected chi connectivity index (χ1v) is 7.31. The van der Waals surface area contributed by atoms with Crippen molar-refractivity contribution in [3.8, 4) is 0 Å². The summed E-state index contributed by atoms with van der Waals surface area (Å²) >= 11 is 0. The van der Waals surface area contributed by atoms with Gasteiger partial charge in [0, 0.05) is 13.1 Å². The maximum Gasteiger partial charge on any atom is 0.00107 e. The Balaban J connectivity index is 1.71. The number of nitrogens with one attached hydrogen (secondary N) is 1. The lowest BCUT2D eigenvalue weighted by atomic mass is 9.84. The van der Waals surface area contributed by atoms with Crippen LogP contribution in [0.2, 0.25) is 0 Å². The molecule has 1 aliphatic carbocycles. The molecule has 0 aromatic rings. The summed E-state index contributed by atoms with van der Waals surface area (Å²) in [6.45, 7) is 8.88. The predicted octanol–water partition coefficient (Wildman–Crippen LogP) is 2.50. The Hall–Kier alpha value is -0.0800. The van der Waals surface area contributed by atoms with Crippen molar-refractivity contribution in [1.82, 2.24) is 10.2 Å². The third-order valence-corrected chi connectivity index (χ3v) is 4.26. The number of hydrogen-bond donors (Lipinski definition) is 1. The van der Waals surface area contributed by atoms with E-state index in [2.05, 4.69) is 17.1 Å². The van der Waals surface area contributed by atoms with Gasteiger partial charge >= 0.3 is 0 Å². The minimum absolute atomic E-state index is 0.966. The Morgan fingerprint density at radius 3 is 2.12 bits per heavy atom. The third kappa shape index (κ3) is 3.74. The molecule has 2 rings (SSSR count). The number of nitrogens with zero attached hydrogens (tertiary/aromatic N) is 1. The van der Waals surface area contributed by atoms with Crippen molar-refractivity contribution >= 4 is 0 Å². The van der Waals surface area contributed by atoms with Crippen molar-refractivity contribution in [2.75, 3.05) is 32.7 Å². The highest BCUT2D eigenvalue weighted by Gasteiger charge is 2.22. The summed E-state index contributed by atoms with van der Waals surface area (Å²) in [6, 6.07) is 0. The van der Waals surface area contributed by atoms with E-state index < -0.39 is 0 Å². The molecule has 0 bridgehead atoms. The molecule has 1 aliphatic heterocycles. The first-order chi connectivity index (χ1) is 7.88. The molecule has 2 heteroatoms. The largest absolute Gasteiger partial charge is 0.317 e. The third-order valence-electron chi connectivity index (χ3n) is 4.26. The van der Waals surface area contributed by atoms with Crippen LogP contribution in [0.15, 0.2) is 0 Å². The molecule has 1 saturated heterocycles. The van der Waals surface area contributed by atoms with Crippen LogP contribution in [0, 0.1) is 11.8 Å². The van der Waals surface area contributed by atoms with E-state index in [1.165, 1.54) is 71.2 Å². The Bertz CT molecular complexity index is 183. The molecule has 1 saturated carbocycles. The molecule has 1 heterocycles. The SMILES string of the molecule is CCCN(CC1CCC1)CC1CCNCC1. The van der Waals surface area contributed by atoms with Crippen LogP contribution < -0.4 is 5.32 Å². The molecule has 94 valence electrons. The first-order valence-electron chi connectivity index (χ1n) is 7.31. The summed E-state index contributed by atoms with van der Waals surface area (Å²) in [5.41, 5.74) is 0. The van der Waals surface area contributed by atoms with Gasteiger partial charge in [0.25, 0.3) is 0 Å². The molecule has 1 N–H and O–H groups in total. The second-order valence-corrected chi connectivity index (χ2v) is 5.75. The normalized spacial score (nSPS) is 23.6. The van der Waals surface area contributed by atoms with Crippen molar-refractivity contribution in [1.29, 1.82) is 0 Å². The second kappa shape index (κ2) is 6.61. The van der Waals surface area contributed by atoms with Gasteiger partial charge in [0.15, 0.2) is 0 Å². The van der Waals surface area contributed by atoms with Crippen LogP contribution in [0.3, 0.4) is 0 Å². The van der Waals surface area contributed by atoms with E-state index in [9.17, 15) is 0 Å². The average Bonchev–Trinajstić information content (AvgIpc) is 2.25. The summed E-state index contributed by atoms with van der Waals surface area (Å²) in [5, 5.41) is 3.46. The molecule has 16 heavy (non-hydrogen) atoms. The van der Waals surface area contributed by atoms with E-state index in [1.807, 2.05) is 0 Å². The molecular formula is C14H28N2. The van der Waals surface area contributed by atoms with Crippen molar-refractivity contribution in [3.05, 3.63) is 0 Å². The van der Waals surface area contributed by atoms with Crippen molar-refractivity contribution in [2.24, 2.45) is 11.8 Å². The summed E-state index contributed by atoms with van der Waals surface area (Å²) in [6.07, 6.45) is 8.57. The van der Waals surface area contributed by atoms with Gasteiger partial charge in [0.05, 0.1) is 0 Å². The number of hydrogen-bond acceptors (Lipinski definition) is 2. The number of piperidine rings is 1. The lowest BCUT2D eigenvalue weighted by Crippen LogP contribution is -2.39. The Morgan fingerprint density at radius 1 is 1.00 bits per heavy atom. The number of rotatable bonds is 6. The topological polar surface area (TPSA) is 15.3 Å². The van der Waals surface area contributed by atoms with E-state index in [4.69, 9.17) is 0 Å². The van der Waals surface area contributed by atoms with Crippen LogP contribution in [-0.4, -0.2) is 37.6 Å². The Labute approximate surface area is 101 Å². The summed E-state index contributed by atoms with van der Waals surface area (Å²) < 4.78 is 0. The molecule has 0 aromatic heterocycles. The van der Waals surface area contributed by atoms with Crippen LogP contribution in [0.1, 0.15) is 45.4 Å². The predicted molar refractivity (Wildman–Crippen MR) is 69.7 cm³/mol. The van der Waals surface area contributed by atoms with Gasteiger partial charge in [-0.25, -0.2) is 0 Å². The Morgan fingerprint density at radius 2 is 1.62 bits per heavy atom. The molecule has 0 unspecified atom stereocenters. The lowest BCUT2D eigenvalue weighted by Gasteiger charge is -2.35. The van der Waals surface area contributed by atoms with Gasteiger partial charge < -0.3 is 10.2 Å². The molecule has 0 aromatic carbocycles. The Kier molecular flexibility index (Phi) is 5.11. The monoisotopic (exact) mass is 224 g/mol.